The van der Waals surface area contributed by atoms with Crippen LogP contribution in [0.2, 0.25) is 0 Å². The lowest BCUT2D eigenvalue weighted by atomic mass is 9.98. The molecule has 0 atom stereocenters. The second-order valence-electron chi connectivity index (χ2n) is 5.02. The molecule has 4 heteroatoms. The Morgan fingerprint density at radius 2 is 2.11 bits per heavy atom. The molecule has 1 N–H and O–H groups in total. The minimum absolute atomic E-state index is 0.229. The zero-order valence-corrected chi connectivity index (χ0v) is 11.5. The topological polar surface area (TPSA) is 41.6 Å². The van der Waals surface area contributed by atoms with E-state index in [9.17, 15) is 4.79 Å². The fourth-order valence-corrected chi connectivity index (χ4v) is 2.17. The summed E-state index contributed by atoms with van der Waals surface area (Å²) in [4.78, 5) is 14.2. The summed E-state index contributed by atoms with van der Waals surface area (Å²) < 4.78 is 5.10. The largest absolute Gasteiger partial charge is 0.383 e. The van der Waals surface area contributed by atoms with Gasteiger partial charge in [-0.2, -0.15) is 0 Å². The Kier molecular flexibility index (Phi) is 5.36. The van der Waals surface area contributed by atoms with Crippen molar-refractivity contribution < 1.29 is 9.53 Å². The van der Waals surface area contributed by atoms with Crippen molar-refractivity contribution in [2.24, 2.45) is 5.92 Å². The van der Waals surface area contributed by atoms with Gasteiger partial charge in [-0.25, -0.2) is 0 Å². The molecule has 0 aromatic heterocycles. The van der Waals surface area contributed by atoms with Crippen LogP contribution in [0.15, 0.2) is 30.3 Å². The van der Waals surface area contributed by atoms with Crippen LogP contribution in [0.25, 0.3) is 0 Å². The van der Waals surface area contributed by atoms with Crippen molar-refractivity contribution in [3.8, 4) is 0 Å². The molecule has 0 unspecified atom stereocenters. The maximum Gasteiger partial charge on any atom is 0.223 e. The maximum atomic E-state index is 12.3. The summed E-state index contributed by atoms with van der Waals surface area (Å²) in [6.45, 7) is 3.85. The Morgan fingerprint density at radius 1 is 1.37 bits per heavy atom. The molecule has 4 nitrogen and oxygen atoms in total. The van der Waals surface area contributed by atoms with Crippen LogP contribution in [0.1, 0.15) is 12.0 Å². The predicted molar refractivity (Wildman–Crippen MR) is 74.7 cm³/mol. The molecule has 0 saturated carbocycles. The van der Waals surface area contributed by atoms with Crippen LogP contribution in [0.5, 0.6) is 0 Å². The molecule has 1 amide bonds. The molecule has 1 heterocycles. The summed E-state index contributed by atoms with van der Waals surface area (Å²) in [6, 6.07) is 10.1. The van der Waals surface area contributed by atoms with Crippen molar-refractivity contribution in [2.45, 2.75) is 13.0 Å². The van der Waals surface area contributed by atoms with Crippen molar-refractivity contribution in [1.82, 2.24) is 10.2 Å². The summed E-state index contributed by atoms with van der Waals surface area (Å²) in [5.41, 5.74) is 1.17. The Labute approximate surface area is 114 Å². The van der Waals surface area contributed by atoms with E-state index < -0.39 is 0 Å². The van der Waals surface area contributed by atoms with Crippen LogP contribution in [0.4, 0.5) is 0 Å². The standard InChI is InChI=1S/C15H22N2O2/c1-19-8-7-17(12-13-5-3-2-4-6-13)15(18)9-14-10-16-11-14/h2-6,14,16H,7-12H2,1H3. The first-order chi connectivity index (χ1) is 9.29. The lowest BCUT2D eigenvalue weighted by Gasteiger charge is -2.30. The maximum absolute atomic E-state index is 12.3. The van der Waals surface area contributed by atoms with Crippen LogP contribution < -0.4 is 5.32 Å². The quantitative estimate of drug-likeness (QED) is 0.804. The molecule has 0 spiro atoms. The van der Waals surface area contributed by atoms with E-state index in [0.29, 0.717) is 32.0 Å². The zero-order valence-electron chi connectivity index (χ0n) is 11.5. The van der Waals surface area contributed by atoms with E-state index in [1.165, 1.54) is 5.56 Å². The smallest absolute Gasteiger partial charge is 0.223 e. The van der Waals surface area contributed by atoms with Crippen LogP contribution >= 0.6 is 0 Å². The first-order valence-electron chi connectivity index (χ1n) is 6.81. The van der Waals surface area contributed by atoms with Gasteiger partial charge in [-0.3, -0.25) is 4.79 Å². The van der Waals surface area contributed by atoms with E-state index in [2.05, 4.69) is 17.4 Å². The number of rotatable bonds is 7. The van der Waals surface area contributed by atoms with E-state index in [-0.39, 0.29) is 5.91 Å². The number of benzene rings is 1. The molecule has 19 heavy (non-hydrogen) atoms. The highest BCUT2D eigenvalue weighted by Gasteiger charge is 2.23. The van der Waals surface area contributed by atoms with Gasteiger partial charge in [0.2, 0.25) is 5.91 Å². The molecule has 1 aromatic rings. The van der Waals surface area contributed by atoms with Crippen molar-refractivity contribution in [2.75, 3.05) is 33.4 Å². The third kappa shape index (κ3) is 4.33. The van der Waals surface area contributed by atoms with Gasteiger partial charge in [0.25, 0.3) is 0 Å². The second kappa shape index (κ2) is 7.26. The highest BCUT2D eigenvalue weighted by molar-refractivity contribution is 5.76. The van der Waals surface area contributed by atoms with Crippen molar-refractivity contribution >= 4 is 5.91 Å². The normalized spacial score (nSPS) is 15.0. The molecule has 1 aliphatic rings. The minimum atomic E-state index is 0.229. The van der Waals surface area contributed by atoms with Gasteiger partial charge < -0.3 is 15.0 Å². The number of hydrogen-bond acceptors (Lipinski definition) is 3. The van der Waals surface area contributed by atoms with E-state index in [1.54, 1.807) is 7.11 Å². The Balaban J connectivity index is 1.91. The lowest BCUT2D eigenvalue weighted by Crippen LogP contribution is -2.45. The molecule has 0 aliphatic carbocycles. The van der Waals surface area contributed by atoms with Crippen LogP contribution in [0, 0.1) is 5.92 Å². The number of methoxy groups -OCH3 is 1. The number of nitrogens with one attached hydrogen (secondary N) is 1. The van der Waals surface area contributed by atoms with Gasteiger partial charge in [-0.05, 0) is 24.6 Å². The summed E-state index contributed by atoms with van der Waals surface area (Å²) in [6.07, 6.45) is 0.642. The molecule has 0 radical (unpaired) electrons. The molecule has 1 saturated heterocycles. The Morgan fingerprint density at radius 3 is 2.68 bits per heavy atom. The van der Waals surface area contributed by atoms with Gasteiger partial charge in [-0.1, -0.05) is 30.3 Å². The van der Waals surface area contributed by atoms with Crippen LogP contribution in [-0.2, 0) is 16.1 Å². The third-order valence-corrected chi connectivity index (χ3v) is 3.46. The van der Waals surface area contributed by atoms with Crippen LogP contribution in [-0.4, -0.2) is 44.2 Å². The van der Waals surface area contributed by atoms with Gasteiger partial charge in [0.05, 0.1) is 6.61 Å². The minimum Gasteiger partial charge on any atom is -0.383 e. The zero-order chi connectivity index (χ0) is 13.5. The van der Waals surface area contributed by atoms with Crippen LogP contribution in [0.3, 0.4) is 0 Å². The fourth-order valence-electron chi connectivity index (χ4n) is 2.17. The first kappa shape index (κ1) is 14.0. The number of carbonyl (C=O) groups excluding carboxylic acids is 1. The average Bonchev–Trinajstić information content (AvgIpc) is 2.39. The van der Waals surface area contributed by atoms with Gasteiger partial charge in [0, 0.05) is 26.6 Å². The Hall–Kier alpha value is -1.39. The first-order valence-corrected chi connectivity index (χ1v) is 6.81. The molecule has 2 rings (SSSR count). The number of ether oxygens (including phenoxy) is 1. The summed E-state index contributed by atoms with van der Waals surface area (Å²) in [5.74, 6) is 0.737. The average molecular weight is 262 g/mol. The molecule has 1 aliphatic heterocycles. The van der Waals surface area contributed by atoms with Gasteiger partial charge in [0.15, 0.2) is 0 Å². The van der Waals surface area contributed by atoms with E-state index in [1.807, 2.05) is 23.1 Å². The monoisotopic (exact) mass is 262 g/mol. The summed E-state index contributed by atoms with van der Waals surface area (Å²) in [5, 5.41) is 3.20. The highest BCUT2D eigenvalue weighted by atomic mass is 16.5. The fraction of sp³-hybridized carbons (Fsp3) is 0.533. The number of amides is 1. The lowest BCUT2D eigenvalue weighted by molar-refractivity contribution is -0.133. The van der Waals surface area contributed by atoms with Crippen molar-refractivity contribution in [3.05, 3.63) is 35.9 Å². The van der Waals surface area contributed by atoms with E-state index in [4.69, 9.17) is 4.74 Å². The molecular formula is C15H22N2O2. The molecule has 1 aromatic carbocycles. The van der Waals surface area contributed by atoms with Gasteiger partial charge in [-0.15, -0.1) is 0 Å². The second-order valence-corrected chi connectivity index (χ2v) is 5.02. The van der Waals surface area contributed by atoms with Crippen molar-refractivity contribution in [1.29, 1.82) is 0 Å². The Bertz CT molecular complexity index is 390. The molecule has 0 bridgehead atoms. The molecular weight excluding hydrogens is 240 g/mol. The SMILES string of the molecule is COCCN(Cc1ccccc1)C(=O)CC1CNC1. The summed E-state index contributed by atoms with van der Waals surface area (Å²) in [7, 11) is 1.67. The number of hydrogen-bond donors (Lipinski definition) is 1. The van der Waals surface area contributed by atoms with Crippen molar-refractivity contribution in [3.63, 3.8) is 0 Å². The molecule has 104 valence electrons. The summed E-state index contributed by atoms with van der Waals surface area (Å²) >= 11 is 0. The highest BCUT2D eigenvalue weighted by Crippen LogP contribution is 2.13. The number of nitrogens with zero attached hydrogens (tertiary/aromatic N) is 1. The number of carbonyl (C=O) groups is 1. The molecule has 1 fully saturated rings. The van der Waals surface area contributed by atoms with E-state index >= 15 is 0 Å². The van der Waals surface area contributed by atoms with Gasteiger partial charge in [0.1, 0.15) is 0 Å². The third-order valence-electron chi connectivity index (χ3n) is 3.46. The van der Waals surface area contributed by atoms with E-state index in [0.717, 1.165) is 13.1 Å². The predicted octanol–water partition coefficient (Wildman–Crippen LogP) is 1.27. The van der Waals surface area contributed by atoms with Gasteiger partial charge >= 0.3 is 0 Å².